The van der Waals surface area contributed by atoms with Gasteiger partial charge in [-0.1, -0.05) is 29.8 Å². The highest BCUT2D eigenvalue weighted by atomic mass is 35.5. The summed E-state index contributed by atoms with van der Waals surface area (Å²) < 4.78 is 5.47. The van der Waals surface area contributed by atoms with Crippen LogP contribution < -0.4 is 5.73 Å². The topological polar surface area (TPSA) is 35.2 Å². The first-order valence-electron chi connectivity index (χ1n) is 5.14. The lowest BCUT2D eigenvalue weighted by molar-refractivity contribution is 0.0683. The molecular weight excluding hydrogens is 210 g/mol. The minimum atomic E-state index is -0.153. The van der Waals surface area contributed by atoms with E-state index in [0.717, 1.165) is 16.1 Å². The minimum absolute atomic E-state index is 0.153. The van der Waals surface area contributed by atoms with Crippen LogP contribution in [0.5, 0.6) is 0 Å². The first-order valence-corrected chi connectivity index (χ1v) is 5.52. The molecule has 0 fully saturated rings. The van der Waals surface area contributed by atoms with Crippen molar-refractivity contribution in [3.05, 3.63) is 34.3 Å². The number of benzene rings is 1. The van der Waals surface area contributed by atoms with Crippen LogP contribution in [-0.2, 0) is 4.74 Å². The number of halogens is 1. The Morgan fingerprint density at radius 3 is 2.67 bits per heavy atom. The van der Waals surface area contributed by atoms with Crippen LogP contribution in [0, 0.1) is 6.92 Å². The lowest BCUT2D eigenvalue weighted by Gasteiger charge is -2.16. The van der Waals surface area contributed by atoms with E-state index in [4.69, 9.17) is 22.1 Å². The zero-order valence-electron chi connectivity index (χ0n) is 9.46. The predicted octanol–water partition coefficient (Wildman–Crippen LogP) is 3.07. The van der Waals surface area contributed by atoms with E-state index in [1.807, 2.05) is 39.0 Å². The Kier molecular flexibility index (Phi) is 4.58. The van der Waals surface area contributed by atoms with Crippen LogP contribution in [0.1, 0.15) is 31.0 Å². The van der Waals surface area contributed by atoms with E-state index in [9.17, 15) is 0 Å². The van der Waals surface area contributed by atoms with Crippen LogP contribution >= 0.6 is 11.6 Å². The normalized spacial score (nSPS) is 13.2. The van der Waals surface area contributed by atoms with Gasteiger partial charge in [-0.2, -0.15) is 0 Å². The largest absolute Gasteiger partial charge is 0.377 e. The Morgan fingerprint density at radius 2 is 2.07 bits per heavy atom. The first-order chi connectivity index (χ1) is 7.02. The number of rotatable bonds is 4. The number of hydrogen-bond donors (Lipinski definition) is 1. The SMILES string of the molecule is Cc1cccc(C(N)COC(C)C)c1Cl. The van der Waals surface area contributed by atoms with Gasteiger partial charge in [-0.15, -0.1) is 0 Å². The van der Waals surface area contributed by atoms with Crippen LogP contribution in [0.15, 0.2) is 18.2 Å². The molecule has 0 aliphatic heterocycles. The third-order valence-corrected chi connectivity index (χ3v) is 2.75. The molecular formula is C12H18ClNO. The molecule has 0 amide bonds. The number of hydrogen-bond acceptors (Lipinski definition) is 2. The Morgan fingerprint density at radius 1 is 1.40 bits per heavy atom. The van der Waals surface area contributed by atoms with Gasteiger partial charge in [-0.05, 0) is 31.9 Å². The predicted molar refractivity (Wildman–Crippen MR) is 64.2 cm³/mol. The van der Waals surface area contributed by atoms with E-state index in [1.165, 1.54) is 0 Å². The van der Waals surface area contributed by atoms with E-state index < -0.39 is 0 Å². The monoisotopic (exact) mass is 227 g/mol. The van der Waals surface area contributed by atoms with Gasteiger partial charge < -0.3 is 10.5 Å². The summed E-state index contributed by atoms with van der Waals surface area (Å²) in [5, 5.41) is 0.748. The summed E-state index contributed by atoms with van der Waals surface area (Å²) in [5.74, 6) is 0. The van der Waals surface area contributed by atoms with Crippen molar-refractivity contribution in [2.24, 2.45) is 5.73 Å². The summed E-state index contributed by atoms with van der Waals surface area (Å²) in [5.41, 5.74) is 8.01. The van der Waals surface area contributed by atoms with Crippen LogP contribution in [-0.4, -0.2) is 12.7 Å². The number of nitrogens with two attached hydrogens (primary N) is 1. The fourth-order valence-electron chi connectivity index (χ4n) is 1.34. The van der Waals surface area contributed by atoms with E-state index in [2.05, 4.69) is 0 Å². The Bertz CT molecular complexity index is 325. The van der Waals surface area contributed by atoms with Gasteiger partial charge in [0.1, 0.15) is 0 Å². The maximum Gasteiger partial charge on any atom is 0.0663 e. The summed E-state index contributed by atoms with van der Waals surface area (Å²) in [6.45, 7) is 6.46. The van der Waals surface area contributed by atoms with Crippen molar-refractivity contribution < 1.29 is 4.74 Å². The van der Waals surface area contributed by atoms with Gasteiger partial charge in [0.05, 0.1) is 18.8 Å². The Hall–Kier alpha value is -0.570. The highest BCUT2D eigenvalue weighted by Gasteiger charge is 2.11. The van der Waals surface area contributed by atoms with Crippen molar-refractivity contribution in [2.75, 3.05) is 6.61 Å². The fourth-order valence-corrected chi connectivity index (χ4v) is 1.61. The molecule has 0 aliphatic carbocycles. The second-order valence-electron chi connectivity index (χ2n) is 3.97. The highest BCUT2D eigenvalue weighted by molar-refractivity contribution is 6.32. The van der Waals surface area contributed by atoms with E-state index >= 15 is 0 Å². The smallest absolute Gasteiger partial charge is 0.0663 e. The van der Waals surface area contributed by atoms with Crippen LogP contribution in [0.25, 0.3) is 0 Å². The van der Waals surface area contributed by atoms with Crippen molar-refractivity contribution in [1.82, 2.24) is 0 Å². The standard InChI is InChI=1S/C12H18ClNO/c1-8(2)15-7-11(14)10-6-4-5-9(3)12(10)13/h4-6,8,11H,7,14H2,1-3H3. The molecule has 1 unspecified atom stereocenters. The maximum absolute atomic E-state index is 6.17. The zero-order chi connectivity index (χ0) is 11.4. The van der Waals surface area contributed by atoms with Crippen molar-refractivity contribution in [2.45, 2.75) is 32.9 Å². The lowest BCUT2D eigenvalue weighted by atomic mass is 10.1. The highest BCUT2D eigenvalue weighted by Crippen LogP contribution is 2.25. The molecule has 0 aliphatic rings. The second kappa shape index (κ2) is 5.50. The molecule has 1 aromatic rings. The third-order valence-electron chi connectivity index (χ3n) is 2.23. The molecule has 2 nitrogen and oxygen atoms in total. The summed E-state index contributed by atoms with van der Waals surface area (Å²) in [6, 6.07) is 5.73. The quantitative estimate of drug-likeness (QED) is 0.858. The van der Waals surface area contributed by atoms with E-state index in [-0.39, 0.29) is 12.1 Å². The molecule has 0 saturated heterocycles. The average molecular weight is 228 g/mol. The Labute approximate surface area is 96.4 Å². The van der Waals surface area contributed by atoms with E-state index in [1.54, 1.807) is 0 Å². The molecule has 2 N–H and O–H groups in total. The second-order valence-corrected chi connectivity index (χ2v) is 4.34. The molecule has 0 saturated carbocycles. The van der Waals surface area contributed by atoms with Crippen molar-refractivity contribution in [3.63, 3.8) is 0 Å². The van der Waals surface area contributed by atoms with Gasteiger partial charge in [0.2, 0.25) is 0 Å². The average Bonchev–Trinajstić information content (AvgIpc) is 2.18. The third kappa shape index (κ3) is 3.49. The van der Waals surface area contributed by atoms with Gasteiger partial charge in [-0.3, -0.25) is 0 Å². The molecule has 1 atom stereocenters. The van der Waals surface area contributed by atoms with Crippen molar-refractivity contribution in [3.8, 4) is 0 Å². The zero-order valence-corrected chi connectivity index (χ0v) is 10.2. The number of aryl methyl sites for hydroxylation is 1. The molecule has 1 rings (SSSR count). The van der Waals surface area contributed by atoms with Gasteiger partial charge in [-0.25, -0.2) is 0 Å². The number of ether oxygens (including phenoxy) is 1. The molecule has 84 valence electrons. The van der Waals surface area contributed by atoms with Gasteiger partial charge in [0.25, 0.3) is 0 Å². The molecule has 3 heteroatoms. The summed E-state index contributed by atoms with van der Waals surface area (Å²) in [7, 11) is 0. The molecule has 0 heterocycles. The lowest BCUT2D eigenvalue weighted by Crippen LogP contribution is -2.20. The maximum atomic E-state index is 6.17. The van der Waals surface area contributed by atoms with Crippen LogP contribution in [0.2, 0.25) is 5.02 Å². The molecule has 15 heavy (non-hydrogen) atoms. The summed E-state index contributed by atoms with van der Waals surface area (Å²) in [4.78, 5) is 0. The molecule has 1 aromatic carbocycles. The van der Waals surface area contributed by atoms with Gasteiger partial charge in [0, 0.05) is 5.02 Å². The molecule has 0 radical (unpaired) electrons. The van der Waals surface area contributed by atoms with Crippen molar-refractivity contribution in [1.29, 1.82) is 0 Å². The summed E-state index contributed by atoms with van der Waals surface area (Å²) >= 11 is 6.17. The molecule has 0 spiro atoms. The first kappa shape index (κ1) is 12.5. The molecule has 0 aromatic heterocycles. The van der Waals surface area contributed by atoms with Gasteiger partial charge >= 0.3 is 0 Å². The van der Waals surface area contributed by atoms with Crippen LogP contribution in [0.4, 0.5) is 0 Å². The Balaban J connectivity index is 2.73. The minimum Gasteiger partial charge on any atom is -0.377 e. The van der Waals surface area contributed by atoms with Gasteiger partial charge in [0.15, 0.2) is 0 Å². The van der Waals surface area contributed by atoms with E-state index in [0.29, 0.717) is 6.61 Å². The fraction of sp³-hybridized carbons (Fsp3) is 0.500. The summed E-state index contributed by atoms with van der Waals surface area (Å²) in [6.07, 6.45) is 0.194. The van der Waals surface area contributed by atoms with Crippen molar-refractivity contribution >= 4 is 11.6 Å². The molecule has 0 bridgehead atoms. The van der Waals surface area contributed by atoms with Crippen LogP contribution in [0.3, 0.4) is 0 Å².